The zero-order valence-corrected chi connectivity index (χ0v) is 13.9. The predicted octanol–water partition coefficient (Wildman–Crippen LogP) is 3.50. The third kappa shape index (κ3) is 4.54. The summed E-state index contributed by atoms with van der Waals surface area (Å²) < 4.78 is 27.2. The quantitative estimate of drug-likeness (QED) is 0.841. The number of piperidine rings is 1. The SMILES string of the molecule is CNCCC1CCN(C(=O)c2cc(F)c(Cl)cc2F)CC1.Cl. The van der Waals surface area contributed by atoms with Gasteiger partial charge < -0.3 is 10.2 Å². The number of halogens is 4. The molecule has 1 heterocycles. The van der Waals surface area contributed by atoms with Crippen LogP contribution in [0.3, 0.4) is 0 Å². The Morgan fingerprint density at radius 1 is 1.32 bits per heavy atom. The Bertz CT molecular complexity index is 521. The van der Waals surface area contributed by atoms with Crippen LogP contribution in [0.2, 0.25) is 5.02 Å². The lowest BCUT2D eigenvalue weighted by atomic mass is 9.93. The molecule has 0 aromatic heterocycles. The molecule has 1 N–H and O–H groups in total. The summed E-state index contributed by atoms with van der Waals surface area (Å²) in [5.74, 6) is -1.43. The van der Waals surface area contributed by atoms with Gasteiger partial charge in [-0.05, 0) is 50.9 Å². The zero-order chi connectivity index (χ0) is 15.4. The Hall–Kier alpha value is -0.910. The van der Waals surface area contributed by atoms with E-state index >= 15 is 0 Å². The van der Waals surface area contributed by atoms with Crippen LogP contribution in [0.5, 0.6) is 0 Å². The minimum atomic E-state index is -0.774. The number of carbonyl (C=O) groups is 1. The Morgan fingerprint density at radius 2 is 1.95 bits per heavy atom. The molecule has 1 saturated heterocycles. The third-order valence-corrected chi connectivity index (χ3v) is 4.23. The molecule has 0 spiro atoms. The van der Waals surface area contributed by atoms with E-state index in [1.165, 1.54) is 0 Å². The lowest BCUT2D eigenvalue weighted by molar-refractivity contribution is 0.0682. The van der Waals surface area contributed by atoms with Crippen molar-refractivity contribution in [1.29, 1.82) is 0 Å². The fraction of sp³-hybridized carbons (Fsp3) is 0.533. The normalized spacial score (nSPS) is 15.5. The molecule has 124 valence electrons. The number of benzene rings is 1. The van der Waals surface area contributed by atoms with E-state index in [4.69, 9.17) is 11.6 Å². The van der Waals surface area contributed by atoms with Gasteiger partial charge in [0.05, 0.1) is 10.6 Å². The van der Waals surface area contributed by atoms with Gasteiger partial charge in [0, 0.05) is 13.1 Å². The van der Waals surface area contributed by atoms with Gasteiger partial charge >= 0.3 is 0 Å². The van der Waals surface area contributed by atoms with E-state index in [1.807, 2.05) is 7.05 Å². The van der Waals surface area contributed by atoms with Crippen molar-refractivity contribution in [2.75, 3.05) is 26.7 Å². The van der Waals surface area contributed by atoms with Crippen molar-refractivity contribution in [3.05, 3.63) is 34.4 Å². The van der Waals surface area contributed by atoms with Crippen LogP contribution in [0, 0.1) is 17.6 Å². The first-order valence-electron chi connectivity index (χ1n) is 7.11. The number of carbonyl (C=O) groups excluding carboxylic acids is 1. The van der Waals surface area contributed by atoms with Crippen molar-refractivity contribution in [1.82, 2.24) is 10.2 Å². The summed E-state index contributed by atoms with van der Waals surface area (Å²) in [5, 5.41) is 2.80. The van der Waals surface area contributed by atoms with Gasteiger partial charge in [0.1, 0.15) is 11.6 Å². The highest BCUT2D eigenvalue weighted by Gasteiger charge is 2.25. The van der Waals surface area contributed by atoms with Crippen molar-refractivity contribution in [3.63, 3.8) is 0 Å². The van der Waals surface area contributed by atoms with E-state index in [0.717, 1.165) is 37.9 Å². The molecule has 1 aromatic rings. The van der Waals surface area contributed by atoms with Crippen LogP contribution in [0.25, 0.3) is 0 Å². The first-order valence-corrected chi connectivity index (χ1v) is 7.49. The Balaban J connectivity index is 0.00000242. The molecule has 22 heavy (non-hydrogen) atoms. The maximum atomic E-state index is 13.8. The molecule has 3 nitrogen and oxygen atoms in total. The standard InChI is InChI=1S/C15H19ClF2N2O.ClH/c1-19-5-2-10-3-6-20(7-4-10)15(21)11-8-14(18)12(16)9-13(11)17;/h8-10,19H,2-7H2,1H3;1H. The molecule has 1 amide bonds. The van der Waals surface area contributed by atoms with Crippen LogP contribution in [-0.4, -0.2) is 37.5 Å². The van der Waals surface area contributed by atoms with E-state index < -0.39 is 17.5 Å². The minimum absolute atomic E-state index is 0. The molecule has 1 aromatic carbocycles. The summed E-state index contributed by atoms with van der Waals surface area (Å²) in [5.41, 5.74) is -0.245. The maximum absolute atomic E-state index is 13.8. The Kier molecular flexibility index (Phi) is 7.53. The van der Waals surface area contributed by atoms with Crippen molar-refractivity contribution in [2.45, 2.75) is 19.3 Å². The maximum Gasteiger partial charge on any atom is 0.256 e. The average molecular weight is 353 g/mol. The molecule has 0 radical (unpaired) electrons. The van der Waals surface area contributed by atoms with Gasteiger partial charge in [-0.3, -0.25) is 4.79 Å². The molecule has 0 atom stereocenters. The van der Waals surface area contributed by atoms with E-state index in [0.29, 0.717) is 19.0 Å². The number of nitrogens with one attached hydrogen (secondary N) is 1. The van der Waals surface area contributed by atoms with Crippen molar-refractivity contribution >= 4 is 29.9 Å². The second-order valence-corrected chi connectivity index (χ2v) is 5.78. The number of hydrogen-bond acceptors (Lipinski definition) is 2. The molecular formula is C15H20Cl2F2N2O. The topological polar surface area (TPSA) is 32.3 Å². The second kappa shape index (κ2) is 8.65. The van der Waals surface area contributed by atoms with Gasteiger partial charge in [-0.25, -0.2) is 8.78 Å². The number of rotatable bonds is 4. The lowest BCUT2D eigenvalue weighted by Crippen LogP contribution is -2.39. The smallest absolute Gasteiger partial charge is 0.256 e. The van der Waals surface area contributed by atoms with Crippen molar-refractivity contribution < 1.29 is 13.6 Å². The van der Waals surface area contributed by atoms with Gasteiger partial charge in [0.15, 0.2) is 0 Å². The molecule has 1 fully saturated rings. The number of hydrogen-bond donors (Lipinski definition) is 1. The van der Waals surface area contributed by atoms with Crippen LogP contribution in [0.4, 0.5) is 8.78 Å². The van der Waals surface area contributed by atoms with Crippen LogP contribution < -0.4 is 5.32 Å². The van der Waals surface area contributed by atoms with Crippen LogP contribution in [-0.2, 0) is 0 Å². The van der Waals surface area contributed by atoms with Gasteiger partial charge in [-0.15, -0.1) is 12.4 Å². The number of nitrogens with zero attached hydrogens (tertiary/aromatic N) is 1. The monoisotopic (exact) mass is 352 g/mol. The fourth-order valence-electron chi connectivity index (χ4n) is 2.63. The number of likely N-dealkylation sites (tertiary alicyclic amines) is 1. The Labute approximate surface area is 140 Å². The first kappa shape index (κ1) is 19.1. The highest BCUT2D eigenvalue weighted by molar-refractivity contribution is 6.30. The predicted molar refractivity (Wildman–Crippen MR) is 85.8 cm³/mol. The molecule has 7 heteroatoms. The third-order valence-electron chi connectivity index (χ3n) is 3.94. The zero-order valence-electron chi connectivity index (χ0n) is 12.4. The second-order valence-electron chi connectivity index (χ2n) is 5.37. The fourth-order valence-corrected chi connectivity index (χ4v) is 2.78. The summed E-state index contributed by atoms with van der Waals surface area (Å²) >= 11 is 5.50. The summed E-state index contributed by atoms with van der Waals surface area (Å²) in [4.78, 5) is 13.9. The van der Waals surface area contributed by atoms with Gasteiger partial charge in [-0.1, -0.05) is 11.6 Å². The van der Waals surface area contributed by atoms with Crippen LogP contribution in [0.15, 0.2) is 12.1 Å². The van der Waals surface area contributed by atoms with E-state index in [1.54, 1.807) is 4.90 Å². The Morgan fingerprint density at radius 3 is 2.55 bits per heavy atom. The molecule has 0 saturated carbocycles. The molecule has 1 aliphatic heterocycles. The molecule has 1 aliphatic rings. The molecule has 0 bridgehead atoms. The highest BCUT2D eigenvalue weighted by atomic mass is 35.5. The number of amides is 1. The van der Waals surface area contributed by atoms with Gasteiger partial charge in [0.2, 0.25) is 0 Å². The van der Waals surface area contributed by atoms with E-state index in [-0.39, 0.29) is 23.0 Å². The van der Waals surface area contributed by atoms with E-state index in [9.17, 15) is 13.6 Å². The molecule has 0 unspecified atom stereocenters. The van der Waals surface area contributed by atoms with Crippen LogP contribution >= 0.6 is 24.0 Å². The minimum Gasteiger partial charge on any atom is -0.339 e. The first-order chi connectivity index (χ1) is 10.0. The van der Waals surface area contributed by atoms with Gasteiger partial charge in [-0.2, -0.15) is 0 Å². The largest absolute Gasteiger partial charge is 0.339 e. The molecule has 0 aliphatic carbocycles. The highest BCUT2D eigenvalue weighted by Crippen LogP contribution is 2.24. The van der Waals surface area contributed by atoms with Crippen molar-refractivity contribution in [3.8, 4) is 0 Å². The summed E-state index contributed by atoms with van der Waals surface area (Å²) in [6.45, 7) is 2.11. The summed E-state index contributed by atoms with van der Waals surface area (Å²) in [6, 6.07) is 1.73. The van der Waals surface area contributed by atoms with Gasteiger partial charge in [0.25, 0.3) is 5.91 Å². The van der Waals surface area contributed by atoms with Crippen molar-refractivity contribution in [2.24, 2.45) is 5.92 Å². The molecular weight excluding hydrogens is 333 g/mol. The summed E-state index contributed by atoms with van der Waals surface area (Å²) in [6.07, 6.45) is 2.86. The molecule has 2 rings (SSSR count). The summed E-state index contributed by atoms with van der Waals surface area (Å²) in [7, 11) is 1.91. The van der Waals surface area contributed by atoms with Crippen LogP contribution in [0.1, 0.15) is 29.6 Å². The average Bonchev–Trinajstić information content (AvgIpc) is 2.48. The van der Waals surface area contributed by atoms with E-state index in [2.05, 4.69) is 5.32 Å². The lowest BCUT2D eigenvalue weighted by Gasteiger charge is -2.32.